The van der Waals surface area contributed by atoms with Gasteiger partial charge in [0.05, 0.1) is 31.6 Å². The van der Waals surface area contributed by atoms with Gasteiger partial charge in [0.15, 0.2) is 11.5 Å². The Hall–Kier alpha value is -4.17. The third-order valence-corrected chi connectivity index (χ3v) is 5.92. The first-order chi connectivity index (χ1) is 17.0. The van der Waals surface area contributed by atoms with Crippen LogP contribution in [-0.4, -0.2) is 32.3 Å². The molecule has 0 bridgehead atoms. The van der Waals surface area contributed by atoms with Crippen molar-refractivity contribution in [3.05, 3.63) is 100 Å². The molecule has 0 aliphatic heterocycles. The summed E-state index contributed by atoms with van der Waals surface area (Å²) in [6, 6.07) is 23.0. The molecular weight excluding hydrogens is 512 g/mol. The largest absolute Gasteiger partial charge is 0.493 e. The van der Waals surface area contributed by atoms with Crippen molar-refractivity contribution in [2.75, 3.05) is 14.2 Å². The molecule has 8 heteroatoms. The molecule has 1 N–H and O–H groups in total. The van der Waals surface area contributed by atoms with Gasteiger partial charge in [-0.3, -0.25) is 4.79 Å². The van der Waals surface area contributed by atoms with Crippen LogP contribution in [0.4, 0.5) is 0 Å². The average molecular weight is 533 g/mol. The van der Waals surface area contributed by atoms with Gasteiger partial charge < -0.3 is 14.2 Å². The van der Waals surface area contributed by atoms with E-state index in [4.69, 9.17) is 14.2 Å². The first-order valence-corrected chi connectivity index (χ1v) is 11.3. The molecule has 0 saturated carbocycles. The molecule has 1 amide bonds. The van der Waals surface area contributed by atoms with Crippen LogP contribution in [0.25, 0.3) is 10.8 Å². The zero-order valence-corrected chi connectivity index (χ0v) is 20.5. The standard InChI is InChI=1S/C27H21BrN2O5/c1-33-24-14-12-18(15-25(24)34-2)27(32)35-23-13-11-17-7-3-4-8-19(17)21(23)16-29-30-26(31)20-9-5-6-10-22(20)28/h3-16H,1-2H3,(H,30,31). The zero-order chi connectivity index (χ0) is 24.8. The number of fused-ring (bicyclic) bond motifs is 1. The molecule has 4 aromatic carbocycles. The number of hydrogen-bond acceptors (Lipinski definition) is 6. The number of nitrogens with zero attached hydrogens (tertiary/aromatic N) is 1. The predicted octanol–water partition coefficient (Wildman–Crippen LogP) is 5.60. The van der Waals surface area contributed by atoms with Gasteiger partial charge in [0.25, 0.3) is 5.91 Å². The molecule has 0 aromatic heterocycles. The van der Waals surface area contributed by atoms with Crippen molar-refractivity contribution in [1.82, 2.24) is 5.43 Å². The second-order valence-electron chi connectivity index (χ2n) is 7.34. The molecule has 0 saturated heterocycles. The van der Waals surface area contributed by atoms with Crippen LogP contribution in [0.15, 0.2) is 88.4 Å². The summed E-state index contributed by atoms with van der Waals surface area (Å²) in [5, 5.41) is 5.86. The van der Waals surface area contributed by atoms with E-state index in [0.29, 0.717) is 38.4 Å². The Balaban J connectivity index is 1.64. The maximum atomic E-state index is 12.9. The van der Waals surface area contributed by atoms with Gasteiger partial charge in [0.1, 0.15) is 5.75 Å². The van der Waals surface area contributed by atoms with Crippen molar-refractivity contribution in [3.8, 4) is 17.2 Å². The lowest BCUT2D eigenvalue weighted by atomic mass is 10.0. The van der Waals surface area contributed by atoms with Gasteiger partial charge in [-0.1, -0.05) is 42.5 Å². The maximum Gasteiger partial charge on any atom is 0.343 e. The average Bonchev–Trinajstić information content (AvgIpc) is 2.89. The first-order valence-electron chi connectivity index (χ1n) is 10.6. The van der Waals surface area contributed by atoms with Gasteiger partial charge in [-0.25, -0.2) is 10.2 Å². The first kappa shape index (κ1) is 24.0. The molecule has 0 fully saturated rings. The van der Waals surface area contributed by atoms with Crippen molar-refractivity contribution in [1.29, 1.82) is 0 Å². The summed E-state index contributed by atoms with van der Waals surface area (Å²) in [4.78, 5) is 25.5. The minimum absolute atomic E-state index is 0.293. The van der Waals surface area contributed by atoms with Crippen LogP contribution in [0.5, 0.6) is 17.2 Å². The number of benzene rings is 4. The number of esters is 1. The van der Waals surface area contributed by atoms with Crippen LogP contribution < -0.4 is 19.6 Å². The SMILES string of the molecule is COc1ccc(C(=O)Oc2ccc3ccccc3c2C=NNC(=O)c2ccccc2Br)cc1OC. The number of carbonyl (C=O) groups excluding carboxylic acids is 2. The van der Waals surface area contributed by atoms with E-state index in [1.807, 2.05) is 36.4 Å². The quantitative estimate of drug-likeness (QED) is 0.145. The fourth-order valence-corrected chi connectivity index (χ4v) is 3.95. The molecule has 176 valence electrons. The molecule has 0 spiro atoms. The summed E-state index contributed by atoms with van der Waals surface area (Å²) in [5.74, 6) is 0.258. The number of hydrogen-bond donors (Lipinski definition) is 1. The lowest BCUT2D eigenvalue weighted by Crippen LogP contribution is -2.18. The Labute approximate surface area is 210 Å². The number of hydrazone groups is 1. The van der Waals surface area contributed by atoms with Gasteiger partial charge in [-0.2, -0.15) is 5.10 Å². The summed E-state index contributed by atoms with van der Waals surface area (Å²) in [6.45, 7) is 0. The van der Waals surface area contributed by atoms with Crippen molar-refractivity contribution < 1.29 is 23.8 Å². The summed E-state index contributed by atoms with van der Waals surface area (Å²) >= 11 is 3.36. The second-order valence-corrected chi connectivity index (χ2v) is 8.19. The van der Waals surface area contributed by atoms with Crippen molar-refractivity contribution in [3.63, 3.8) is 0 Å². The highest BCUT2D eigenvalue weighted by molar-refractivity contribution is 9.10. The van der Waals surface area contributed by atoms with E-state index in [1.54, 1.807) is 42.5 Å². The van der Waals surface area contributed by atoms with Crippen LogP contribution in [0.3, 0.4) is 0 Å². The van der Waals surface area contributed by atoms with E-state index in [2.05, 4.69) is 26.5 Å². The van der Waals surface area contributed by atoms with E-state index in [-0.39, 0.29) is 5.91 Å². The summed E-state index contributed by atoms with van der Waals surface area (Å²) in [6.07, 6.45) is 1.47. The van der Waals surface area contributed by atoms with Crippen LogP contribution >= 0.6 is 15.9 Å². The van der Waals surface area contributed by atoms with Crippen LogP contribution in [0, 0.1) is 0 Å². The molecule has 4 aromatic rings. The normalized spacial score (nSPS) is 10.8. The minimum Gasteiger partial charge on any atom is -0.493 e. The molecule has 0 atom stereocenters. The Kier molecular flexibility index (Phi) is 7.42. The summed E-state index contributed by atoms with van der Waals surface area (Å²) in [5.41, 5.74) is 3.81. The van der Waals surface area contributed by atoms with Crippen LogP contribution in [0.2, 0.25) is 0 Å². The number of amides is 1. The van der Waals surface area contributed by atoms with Crippen molar-refractivity contribution in [2.45, 2.75) is 0 Å². The second kappa shape index (κ2) is 10.8. The van der Waals surface area contributed by atoms with E-state index in [1.165, 1.54) is 20.4 Å². The highest BCUT2D eigenvalue weighted by atomic mass is 79.9. The van der Waals surface area contributed by atoms with Gasteiger partial charge in [-0.15, -0.1) is 0 Å². The molecule has 0 aliphatic carbocycles. The summed E-state index contributed by atoms with van der Waals surface area (Å²) in [7, 11) is 3.01. The van der Waals surface area contributed by atoms with Crippen LogP contribution in [-0.2, 0) is 0 Å². The van der Waals surface area contributed by atoms with E-state index in [0.717, 1.165) is 10.8 Å². The van der Waals surface area contributed by atoms with E-state index >= 15 is 0 Å². The Morgan fingerprint density at radius 1 is 0.857 bits per heavy atom. The van der Waals surface area contributed by atoms with E-state index in [9.17, 15) is 9.59 Å². The topological polar surface area (TPSA) is 86.2 Å². The van der Waals surface area contributed by atoms with Crippen LogP contribution in [0.1, 0.15) is 26.3 Å². The van der Waals surface area contributed by atoms with Gasteiger partial charge in [0, 0.05) is 10.0 Å². The van der Waals surface area contributed by atoms with Gasteiger partial charge in [-0.05, 0) is 63.1 Å². The molecule has 0 aliphatic rings. The Morgan fingerprint density at radius 3 is 2.34 bits per heavy atom. The molecule has 0 radical (unpaired) electrons. The fraction of sp³-hybridized carbons (Fsp3) is 0.0741. The number of carbonyl (C=O) groups is 2. The van der Waals surface area contributed by atoms with Gasteiger partial charge in [0.2, 0.25) is 0 Å². The zero-order valence-electron chi connectivity index (χ0n) is 18.9. The molecule has 7 nitrogen and oxygen atoms in total. The molecule has 0 unspecified atom stereocenters. The molecular formula is C27H21BrN2O5. The smallest absolute Gasteiger partial charge is 0.343 e. The number of methoxy groups -OCH3 is 2. The summed E-state index contributed by atoms with van der Waals surface area (Å²) < 4.78 is 16.9. The Morgan fingerprint density at radius 2 is 1.57 bits per heavy atom. The highest BCUT2D eigenvalue weighted by Gasteiger charge is 2.16. The number of halogens is 1. The van der Waals surface area contributed by atoms with E-state index < -0.39 is 5.97 Å². The third-order valence-electron chi connectivity index (χ3n) is 5.23. The van der Waals surface area contributed by atoms with Crippen molar-refractivity contribution >= 4 is 44.8 Å². The monoisotopic (exact) mass is 532 g/mol. The number of ether oxygens (including phenoxy) is 3. The molecule has 0 heterocycles. The number of rotatable bonds is 7. The minimum atomic E-state index is -0.576. The molecule has 4 rings (SSSR count). The molecule has 35 heavy (non-hydrogen) atoms. The Bertz CT molecular complexity index is 1430. The lowest BCUT2D eigenvalue weighted by molar-refractivity contribution is 0.0734. The third kappa shape index (κ3) is 5.33. The maximum absolute atomic E-state index is 12.9. The lowest BCUT2D eigenvalue weighted by Gasteiger charge is -2.12. The van der Waals surface area contributed by atoms with Crippen molar-refractivity contribution in [2.24, 2.45) is 5.10 Å². The predicted molar refractivity (Wildman–Crippen MR) is 138 cm³/mol. The fourth-order valence-electron chi connectivity index (χ4n) is 3.48. The van der Waals surface area contributed by atoms with Gasteiger partial charge >= 0.3 is 5.97 Å². The number of nitrogens with one attached hydrogen (secondary N) is 1. The highest BCUT2D eigenvalue weighted by Crippen LogP contribution is 2.30.